The van der Waals surface area contributed by atoms with Crippen molar-refractivity contribution in [2.24, 2.45) is 0 Å². The molecule has 140 valence electrons. The lowest BCUT2D eigenvalue weighted by Crippen LogP contribution is -2.42. The summed E-state index contributed by atoms with van der Waals surface area (Å²) in [5.74, 6) is 0.411. The van der Waals surface area contributed by atoms with Gasteiger partial charge in [-0.1, -0.05) is 0 Å². The van der Waals surface area contributed by atoms with Crippen molar-refractivity contribution in [3.05, 3.63) is 47.7 Å². The van der Waals surface area contributed by atoms with Gasteiger partial charge in [-0.2, -0.15) is 18.4 Å². The Balaban J connectivity index is 1.67. The summed E-state index contributed by atoms with van der Waals surface area (Å²) in [6.07, 6.45) is 0.751. The summed E-state index contributed by atoms with van der Waals surface area (Å²) < 4.78 is 46.1. The molecule has 4 rings (SSSR count). The molecule has 0 saturated carbocycles. The number of hydrogen-bond acceptors (Lipinski definition) is 4. The van der Waals surface area contributed by atoms with Gasteiger partial charge in [0, 0.05) is 23.8 Å². The summed E-state index contributed by atoms with van der Waals surface area (Å²) in [5.41, 5.74) is -0.546. The average molecular weight is 373 g/mol. The first-order valence-electron chi connectivity index (χ1n) is 8.93. The number of nitrogens with zero attached hydrogens (tertiary/aromatic N) is 2. The standard InChI is InChI=1S/C20H18F3N3O/c21-20(22,23)18-2-1-5-25-19(18)13-6-12(11-24)7-16(8-13)27-17-9-14-3-4-15(10-17)26-14/h1-2,5-8,14-15,17,26H,3-4,9-10H2. The quantitative estimate of drug-likeness (QED) is 0.872. The van der Waals surface area contributed by atoms with Crippen LogP contribution in [0.15, 0.2) is 36.5 Å². The number of halogens is 3. The highest BCUT2D eigenvalue weighted by Crippen LogP contribution is 2.37. The van der Waals surface area contributed by atoms with Crippen LogP contribution in [-0.2, 0) is 6.18 Å². The van der Waals surface area contributed by atoms with E-state index in [1.54, 1.807) is 12.1 Å². The van der Waals surface area contributed by atoms with E-state index in [4.69, 9.17) is 4.74 Å². The van der Waals surface area contributed by atoms with E-state index in [1.807, 2.05) is 6.07 Å². The van der Waals surface area contributed by atoms with Gasteiger partial charge in [0.05, 0.1) is 22.9 Å². The van der Waals surface area contributed by atoms with Crippen LogP contribution in [0.4, 0.5) is 13.2 Å². The molecule has 0 aliphatic carbocycles. The molecule has 2 aliphatic rings. The third-order valence-electron chi connectivity index (χ3n) is 5.15. The highest BCUT2D eigenvalue weighted by molar-refractivity contribution is 5.67. The molecule has 2 saturated heterocycles. The van der Waals surface area contributed by atoms with Gasteiger partial charge < -0.3 is 10.1 Å². The lowest BCUT2D eigenvalue weighted by molar-refractivity contribution is -0.137. The molecule has 2 fully saturated rings. The van der Waals surface area contributed by atoms with Crippen LogP contribution in [0.25, 0.3) is 11.3 Å². The second kappa shape index (κ2) is 6.86. The summed E-state index contributed by atoms with van der Waals surface area (Å²) in [6.45, 7) is 0. The number of piperidine rings is 1. The van der Waals surface area contributed by atoms with E-state index in [2.05, 4.69) is 10.3 Å². The molecule has 0 spiro atoms. The molecule has 2 atom stereocenters. The third-order valence-corrected chi connectivity index (χ3v) is 5.15. The molecule has 1 aromatic heterocycles. The van der Waals surface area contributed by atoms with Gasteiger partial charge in [0.15, 0.2) is 0 Å². The Bertz CT molecular complexity index is 879. The van der Waals surface area contributed by atoms with Gasteiger partial charge in [0.1, 0.15) is 11.9 Å². The van der Waals surface area contributed by atoms with Gasteiger partial charge >= 0.3 is 6.18 Å². The number of pyridine rings is 1. The van der Waals surface area contributed by atoms with E-state index in [0.29, 0.717) is 17.8 Å². The van der Waals surface area contributed by atoms with Crippen molar-refractivity contribution in [3.63, 3.8) is 0 Å². The Morgan fingerprint density at radius 2 is 1.89 bits per heavy atom. The van der Waals surface area contributed by atoms with Gasteiger partial charge in [-0.25, -0.2) is 0 Å². The van der Waals surface area contributed by atoms with E-state index in [9.17, 15) is 18.4 Å². The number of hydrogen-bond donors (Lipinski definition) is 1. The van der Waals surface area contributed by atoms with Crippen molar-refractivity contribution in [1.29, 1.82) is 5.26 Å². The lowest BCUT2D eigenvalue weighted by Gasteiger charge is -2.29. The summed E-state index contributed by atoms with van der Waals surface area (Å²) in [7, 11) is 0. The minimum atomic E-state index is -4.53. The summed E-state index contributed by atoms with van der Waals surface area (Å²) in [5, 5.41) is 12.8. The number of fused-ring (bicyclic) bond motifs is 2. The SMILES string of the molecule is N#Cc1cc(OC2CC3CCC(C2)N3)cc(-c2ncccc2C(F)(F)F)c1. The number of alkyl halides is 3. The van der Waals surface area contributed by atoms with Crippen molar-refractivity contribution in [2.75, 3.05) is 0 Å². The number of nitriles is 1. The summed E-state index contributed by atoms with van der Waals surface area (Å²) in [6, 6.07) is 9.64. The zero-order valence-electron chi connectivity index (χ0n) is 14.5. The van der Waals surface area contributed by atoms with Crippen molar-refractivity contribution in [1.82, 2.24) is 10.3 Å². The van der Waals surface area contributed by atoms with Crippen molar-refractivity contribution in [2.45, 2.75) is 50.0 Å². The second-order valence-electron chi connectivity index (χ2n) is 7.10. The molecule has 2 aliphatic heterocycles. The molecule has 1 aromatic carbocycles. The molecular weight excluding hydrogens is 355 g/mol. The van der Waals surface area contributed by atoms with E-state index in [-0.39, 0.29) is 22.9 Å². The fourth-order valence-electron chi connectivity index (χ4n) is 4.03. The van der Waals surface area contributed by atoms with Crippen LogP contribution in [0.2, 0.25) is 0 Å². The zero-order valence-corrected chi connectivity index (χ0v) is 14.5. The zero-order chi connectivity index (χ0) is 19.0. The number of rotatable bonds is 3. The van der Waals surface area contributed by atoms with E-state index < -0.39 is 11.7 Å². The molecular formula is C20H18F3N3O. The maximum Gasteiger partial charge on any atom is 0.418 e. The van der Waals surface area contributed by atoms with Crippen LogP contribution >= 0.6 is 0 Å². The maximum atomic E-state index is 13.3. The summed E-state index contributed by atoms with van der Waals surface area (Å²) >= 11 is 0. The highest BCUT2D eigenvalue weighted by atomic mass is 19.4. The van der Waals surface area contributed by atoms with Gasteiger partial charge in [-0.3, -0.25) is 4.98 Å². The van der Waals surface area contributed by atoms with Crippen LogP contribution in [0.5, 0.6) is 5.75 Å². The Morgan fingerprint density at radius 3 is 2.56 bits per heavy atom. The topological polar surface area (TPSA) is 57.9 Å². The molecule has 2 unspecified atom stereocenters. The van der Waals surface area contributed by atoms with Gasteiger partial charge in [-0.05, 0) is 56.0 Å². The first-order chi connectivity index (χ1) is 12.9. The Hall–Kier alpha value is -2.59. The third kappa shape index (κ3) is 3.76. The molecule has 3 heterocycles. The highest BCUT2D eigenvalue weighted by Gasteiger charge is 2.36. The van der Waals surface area contributed by atoms with Crippen LogP contribution in [0.1, 0.15) is 36.8 Å². The monoisotopic (exact) mass is 373 g/mol. The minimum Gasteiger partial charge on any atom is -0.490 e. The fourth-order valence-corrected chi connectivity index (χ4v) is 4.03. The second-order valence-corrected chi connectivity index (χ2v) is 7.10. The van der Waals surface area contributed by atoms with E-state index in [1.165, 1.54) is 18.3 Å². The average Bonchev–Trinajstić information content (AvgIpc) is 2.99. The van der Waals surface area contributed by atoms with Crippen LogP contribution < -0.4 is 10.1 Å². The maximum absolute atomic E-state index is 13.3. The molecule has 27 heavy (non-hydrogen) atoms. The van der Waals surface area contributed by atoms with Crippen LogP contribution in [0, 0.1) is 11.3 Å². The normalized spacial score (nSPS) is 24.4. The Morgan fingerprint density at radius 1 is 1.15 bits per heavy atom. The van der Waals surface area contributed by atoms with Crippen molar-refractivity contribution >= 4 is 0 Å². The molecule has 0 radical (unpaired) electrons. The fraction of sp³-hybridized carbons (Fsp3) is 0.400. The van der Waals surface area contributed by atoms with Gasteiger partial charge in [0.2, 0.25) is 0 Å². The predicted molar refractivity (Wildman–Crippen MR) is 93.0 cm³/mol. The smallest absolute Gasteiger partial charge is 0.418 e. The van der Waals surface area contributed by atoms with Gasteiger partial charge in [-0.15, -0.1) is 0 Å². The van der Waals surface area contributed by atoms with Crippen molar-refractivity contribution < 1.29 is 17.9 Å². The first kappa shape index (κ1) is 17.8. The number of nitrogens with one attached hydrogen (secondary N) is 1. The summed E-state index contributed by atoms with van der Waals surface area (Å²) in [4.78, 5) is 3.92. The first-order valence-corrected chi connectivity index (χ1v) is 8.93. The Kier molecular flexibility index (Phi) is 4.52. The van der Waals surface area contributed by atoms with Crippen LogP contribution in [-0.4, -0.2) is 23.2 Å². The van der Waals surface area contributed by atoms with Crippen LogP contribution in [0.3, 0.4) is 0 Å². The minimum absolute atomic E-state index is 0.00337. The molecule has 4 nitrogen and oxygen atoms in total. The number of aromatic nitrogens is 1. The molecule has 1 N–H and O–H groups in total. The van der Waals surface area contributed by atoms with Crippen molar-refractivity contribution in [3.8, 4) is 23.1 Å². The van der Waals surface area contributed by atoms with E-state index >= 15 is 0 Å². The molecule has 2 aromatic rings. The predicted octanol–water partition coefficient (Wildman–Crippen LogP) is 4.30. The molecule has 0 amide bonds. The lowest BCUT2D eigenvalue weighted by atomic mass is 10.0. The Labute approximate surface area is 155 Å². The largest absolute Gasteiger partial charge is 0.490 e. The number of ether oxygens (including phenoxy) is 1. The van der Waals surface area contributed by atoms with E-state index in [0.717, 1.165) is 31.7 Å². The van der Waals surface area contributed by atoms with Gasteiger partial charge in [0.25, 0.3) is 0 Å². The molecule has 2 bridgehead atoms. The number of benzene rings is 1. The molecule has 7 heteroatoms.